The predicted molar refractivity (Wildman–Crippen MR) is 89.7 cm³/mol. The maximum atomic E-state index is 6.14. The minimum atomic E-state index is 0.429. The lowest BCUT2D eigenvalue weighted by Crippen LogP contribution is -2.28. The summed E-state index contributed by atoms with van der Waals surface area (Å²) in [7, 11) is 0. The van der Waals surface area contributed by atoms with Crippen LogP contribution >= 0.6 is 22.9 Å². The molecular weight excluding hydrogens is 302 g/mol. The highest BCUT2D eigenvalue weighted by Crippen LogP contribution is 2.37. The number of hydrogen-bond donors (Lipinski definition) is 1. The Morgan fingerprint density at radius 1 is 1.38 bits per heavy atom. The topological polar surface area (TPSA) is 21.3 Å². The van der Waals surface area contributed by atoms with Gasteiger partial charge in [-0.25, -0.2) is 0 Å². The first kappa shape index (κ1) is 14.9. The van der Waals surface area contributed by atoms with E-state index in [0.29, 0.717) is 12.6 Å². The minimum absolute atomic E-state index is 0.429. The molecule has 4 heteroatoms. The van der Waals surface area contributed by atoms with Crippen molar-refractivity contribution in [3.05, 3.63) is 50.7 Å². The summed E-state index contributed by atoms with van der Waals surface area (Å²) in [5, 5.41) is 3.60. The van der Waals surface area contributed by atoms with Gasteiger partial charge < -0.3 is 10.1 Å². The summed E-state index contributed by atoms with van der Waals surface area (Å²) in [4.78, 5) is 1.45. The van der Waals surface area contributed by atoms with Crippen LogP contribution in [-0.2, 0) is 6.42 Å². The largest absolute Gasteiger partial charge is 0.492 e. The second-order valence-corrected chi connectivity index (χ2v) is 7.26. The zero-order chi connectivity index (χ0) is 14.7. The molecule has 2 aromatic rings. The normalized spacial score (nSPS) is 17.5. The molecule has 1 N–H and O–H groups in total. The van der Waals surface area contributed by atoms with Crippen LogP contribution in [0.3, 0.4) is 0 Å². The van der Waals surface area contributed by atoms with Crippen molar-refractivity contribution in [3.63, 3.8) is 0 Å². The van der Waals surface area contributed by atoms with E-state index >= 15 is 0 Å². The average Bonchev–Trinajstić information content (AvgIpc) is 2.84. The number of halogens is 1. The summed E-state index contributed by atoms with van der Waals surface area (Å²) in [6.07, 6.45) is 3.59. The SMILES string of the molecule is Cc1cccc(OCCNC2CCCc3sc(Cl)cc32)c1. The van der Waals surface area contributed by atoms with Gasteiger partial charge in [-0.2, -0.15) is 0 Å². The van der Waals surface area contributed by atoms with Gasteiger partial charge in [0.15, 0.2) is 0 Å². The molecule has 0 saturated heterocycles. The second-order valence-electron chi connectivity index (χ2n) is 5.49. The van der Waals surface area contributed by atoms with Crippen LogP contribution in [0.15, 0.2) is 30.3 Å². The van der Waals surface area contributed by atoms with Crippen LogP contribution in [0.5, 0.6) is 5.75 Å². The van der Waals surface area contributed by atoms with Crippen molar-refractivity contribution in [2.45, 2.75) is 32.2 Å². The highest BCUT2D eigenvalue weighted by atomic mass is 35.5. The smallest absolute Gasteiger partial charge is 0.119 e. The monoisotopic (exact) mass is 321 g/mol. The standard InChI is InChI=1S/C17H20ClNOS/c1-12-4-2-5-13(10-12)20-9-8-19-15-6-3-7-16-14(15)11-17(18)21-16/h2,4-5,10-11,15,19H,3,6-9H2,1H3. The molecule has 1 atom stereocenters. The van der Waals surface area contributed by atoms with Crippen molar-refractivity contribution < 1.29 is 4.74 Å². The number of nitrogens with one attached hydrogen (secondary N) is 1. The minimum Gasteiger partial charge on any atom is -0.492 e. The summed E-state index contributed by atoms with van der Waals surface area (Å²) < 4.78 is 6.69. The summed E-state index contributed by atoms with van der Waals surface area (Å²) in [6, 6.07) is 10.7. The number of benzene rings is 1. The Labute approximate surface area is 135 Å². The average molecular weight is 322 g/mol. The number of thiophene rings is 1. The van der Waals surface area contributed by atoms with Crippen LogP contribution in [-0.4, -0.2) is 13.2 Å². The van der Waals surface area contributed by atoms with Crippen molar-refractivity contribution in [3.8, 4) is 5.75 Å². The highest BCUT2D eigenvalue weighted by Gasteiger charge is 2.22. The molecule has 1 aromatic heterocycles. The molecule has 0 aliphatic heterocycles. The Balaban J connectivity index is 1.50. The van der Waals surface area contributed by atoms with E-state index < -0.39 is 0 Å². The van der Waals surface area contributed by atoms with Gasteiger partial charge in [0.2, 0.25) is 0 Å². The molecule has 1 unspecified atom stereocenters. The summed E-state index contributed by atoms with van der Waals surface area (Å²) in [5.74, 6) is 0.944. The molecule has 1 heterocycles. The number of hydrogen-bond acceptors (Lipinski definition) is 3. The van der Waals surface area contributed by atoms with Gasteiger partial charge in [-0.1, -0.05) is 23.7 Å². The van der Waals surface area contributed by atoms with Gasteiger partial charge in [0.25, 0.3) is 0 Å². The van der Waals surface area contributed by atoms with E-state index in [0.717, 1.165) is 16.6 Å². The third-order valence-electron chi connectivity index (χ3n) is 3.83. The molecule has 3 rings (SSSR count). The molecule has 1 aliphatic carbocycles. The Bertz CT molecular complexity index is 611. The first-order chi connectivity index (χ1) is 10.2. The van der Waals surface area contributed by atoms with Crippen LogP contribution in [0, 0.1) is 6.92 Å². The zero-order valence-corrected chi connectivity index (χ0v) is 13.8. The molecule has 0 spiro atoms. The van der Waals surface area contributed by atoms with E-state index in [9.17, 15) is 0 Å². The van der Waals surface area contributed by atoms with Gasteiger partial charge in [-0.05, 0) is 55.5 Å². The van der Waals surface area contributed by atoms with Crippen molar-refractivity contribution in [1.29, 1.82) is 0 Å². The molecule has 1 aromatic carbocycles. The first-order valence-electron chi connectivity index (χ1n) is 7.43. The molecule has 1 aliphatic rings. The van der Waals surface area contributed by atoms with Gasteiger partial charge in [-0.15, -0.1) is 11.3 Å². The molecular formula is C17H20ClNOS. The maximum Gasteiger partial charge on any atom is 0.119 e. The highest BCUT2D eigenvalue weighted by molar-refractivity contribution is 7.16. The lowest BCUT2D eigenvalue weighted by atomic mass is 9.94. The van der Waals surface area contributed by atoms with Crippen molar-refractivity contribution in [2.75, 3.05) is 13.2 Å². The van der Waals surface area contributed by atoms with Gasteiger partial charge in [0.05, 0.1) is 4.34 Å². The molecule has 21 heavy (non-hydrogen) atoms. The molecule has 0 saturated carbocycles. The third kappa shape index (κ3) is 3.79. The van der Waals surface area contributed by atoms with Gasteiger partial charge >= 0.3 is 0 Å². The summed E-state index contributed by atoms with van der Waals surface area (Å²) >= 11 is 7.86. The molecule has 112 valence electrons. The quantitative estimate of drug-likeness (QED) is 0.802. The maximum absolute atomic E-state index is 6.14. The van der Waals surface area contributed by atoms with Gasteiger partial charge in [0, 0.05) is 17.5 Å². The van der Waals surface area contributed by atoms with Gasteiger partial charge in [-0.3, -0.25) is 0 Å². The molecule has 0 bridgehead atoms. The number of fused-ring (bicyclic) bond motifs is 1. The van der Waals surface area contributed by atoms with E-state index in [-0.39, 0.29) is 0 Å². The van der Waals surface area contributed by atoms with Gasteiger partial charge in [0.1, 0.15) is 12.4 Å². The predicted octanol–water partition coefficient (Wildman–Crippen LogP) is 4.76. The Morgan fingerprint density at radius 2 is 2.29 bits per heavy atom. The molecule has 2 nitrogen and oxygen atoms in total. The molecule has 0 amide bonds. The first-order valence-corrected chi connectivity index (χ1v) is 8.63. The lowest BCUT2D eigenvalue weighted by molar-refractivity contribution is 0.301. The van der Waals surface area contributed by atoms with E-state index in [2.05, 4.69) is 30.4 Å². The van der Waals surface area contributed by atoms with Crippen LogP contribution in [0.1, 0.15) is 34.9 Å². The van der Waals surface area contributed by atoms with Crippen LogP contribution in [0.4, 0.5) is 0 Å². The number of ether oxygens (including phenoxy) is 1. The Hall–Kier alpha value is -1.03. The number of rotatable bonds is 5. The van der Waals surface area contributed by atoms with Crippen LogP contribution < -0.4 is 10.1 Å². The molecule has 0 radical (unpaired) electrons. The van der Waals surface area contributed by atoms with E-state index in [1.54, 1.807) is 11.3 Å². The fourth-order valence-electron chi connectivity index (χ4n) is 2.84. The fraction of sp³-hybridized carbons (Fsp3) is 0.412. The van der Waals surface area contributed by atoms with Crippen molar-refractivity contribution >= 4 is 22.9 Å². The fourth-order valence-corrected chi connectivity index (χ4v) is 4.22. The van der Waals surface area contributed by atoms with E-state index in [1.807, 2.05) is 12.1 Å². The van der Waals surface area contributed by atoms with Crippen molar-refractivity contribution in [2.24, 2.45) is 0 Å². The summed E-state index contributed by atoms with van der Waals surface area (Å²) in [5.41, 5.74) is 2.62. The van der Waals surface area contributed by atoms with Crippen LogP contribution in [0.2, 0.25) is 4.34 Å². The number of aryl methyl sites for hydroxylation is 2. The van der Waals surface area contributed by atoms with Crippen molar-refractivity contribution in [1.82, 2.24) is 5.32 Å². The van der Waals surface area contributed by atoms with Crippen LogP contribution in [0.25, 0.3) is 0 Å². The third-order valence-corrected chi connectivity index (χ3v) is 5.17. The molecule has 0 fully saturated rings. The van der Waals surface area contributed by atoms with E-state index in [4.69, 9.17) is 16.3 Å². The lowest BCUT2D eigenvalue weighted by Gasteiger charge is -2.23. The van der Waals surface area contributed by atoms with E-state index in [1.165, 1.54) is 35.3 Å². The summed E-state index contributed by atoms with van der Waals surface area (Å²) in [6.45, 7) is 3.62. The zero-order valence-electron chi connectivity index (χ0n) is 12.2. The Kier molecular flexibility index (Phi) is 4.84. The second kappa shape index (κ2) is 6.82. The Morgan fingerprint density at radius 3 is 3.14 bits per heavy atom.